The van der Waals surface area contributed by atoms with Crippen molar-refractivity contribution in [3.8, 4) is 0 Å². The third-order valence-electron chi connectivity index (χ3n) is 10.5. The largest absolute Gasteiger partial charge is 0.462 e. The summed E-state index contributed by atoms with van der Waals surface area (Å²) >= 11 is 0. The van der Waals surface area contributed by atoms with E-state index in [9.17, 15) is 9.59 Å². The predicted octanol–water partition coefficient (Wildman–Crippen LogP) is 13.7. The van der Waals surface area contributed by atoms with Gasteiger partial charge in [0.15, 0.2) is 0 Å². The Morgan fingerprint density at radius 3 is 1.04 bits per heavy atom. The van der Waals surface area contributed by atoms with E-state index in [-0.39, 0.29) is 30.3 Å². The molecule has 0 aromatic rings. The van der Waals surface area contributed by atoms with Gasteiger partial charge >= 0.3 is 11.9 Å². The first kappa shape index (κ1) is 50.9. The molecule has 0 aliphatic rings. The minimum absolute atomic E-state index is 0.0192. The smallest absolute Gasteiger partial charge is 0.306 e. The number of unbranched alkanes of at least 4 members (excludes halogenated alkanes) is 18. The van der Waals surface area contributed by atoms with E-state index in [0.717, 1.165) is 109 Å². The molecule has 0 unspecified atom stereocenters. The van der Waals surface area contributed by atoms with Crippen molar-refractivity contribution >= 4 is 11.9 Å². The first-order valence-electron chi connectivity index (χ1n) is 23.0. The molecule has 0 spiro atoms. The molecule has 0 aliphatic heterocycles. The van der Waals surface area contributed by atoms with Gasteiger partial charge in [0.25, 0.3) is 0 Å². The van der Waals surface area contributed by atoms with E-state index < -0.39 is 0 Å². The van der Waals surface area contributed by atoms with Crippen LogP contribution in [0.25, 0.3) is 0 Å². The van der Waals surface area contributed by atoms with Crippen LogP contribution in [0, 0.1) is 0 Å². The van der Waals surface area contributed by atoms with E-state index in [1.54, 1.807) is 0 Å². The van der Waals surface area contributed by atoms with Gasteiger partial charge in [-0.2, -0.15) is 0 Å². The predicted molar refractivity (Wildman–Crippen MR) is 223 cm³/mol. The second-order valence-electron chi connectivity index (χ2n) is 16.2. The summed E-state index contributed by atoms with van der Waals surface area (Å²) in [7, 11) is 4.20. The Kier molecular flexibility index (Phi) is 38.7. The highest BCUT2D eigenvalue weighted by molar-refractivity contribution is 5.69. The Morgan fingerprint density at radius 1 is 0.404 bits per heavy atom. The first-order chi connectivity index (χ1) is 25.4. The zero-order valence-electron chi connectivity index (χ0n) is 36.0. The lowest BCUT2D eigenvalue weighted by Gasteiger charge is -2.20. The molecule has 0 saturated carbocycles. The molecular formula is C46H91NO5. The first-order valence-corrected chi connectivity index (χ1v) is 23.0. The SMILES string of the molecule is CCCCCCCC(CCCCCCC)OC(=O)CCCCC(CCCCC(=O)OC(CCCCCCC)CCCCCCC)OCCCN(C)C. The number of nitrogens with zero attached hydrogens (tertiary/aromatic N) is 1. The molecule has 310 valence electrons. The molecule has 6 heteroatoms. The molecule has 0 aliphatic carbocycles. The molecule has 6 nitrogen and oxygen atoms in total. The molecular weight excluding hydrogens is 647 g/mol. The number of hydrogen-bond acceptors (Lipinski definition) is 6. The Balaban J connectivity index is 4.75. The maximum absolute atomic E-state index is 12.9. The van der Waals surface area contributed by atoms with Gasteiger partial charge < -0.3 is 19.1 Å². The molecule has 0 saturated heterocycles. The zero-order valence-corrected chi connectivity index (χ0v) is 36.0. The molecule has 0 N–H and O–H groups in total. The molecule has 0 heterocycles. The zero-order chi connectivity index (χ0) is 38.3. The van der Waals surface area contributed by atoms with Crippen molar-refractivity contribution in [2.24, 2.45) is 0 Å². The standard InChI is InChI=1S/C46H91NO5/c1-7-11-15-19-23-34-43(35-24-20-16-12-8-2)51-45(48)38-29-27-32-42(50-41-31-40-47(5)6)33-28-30-39-46(49)52-44(36-25-21-17-13-9-3)37-26-22-18-14-10-4/h42-44H,7-41H2,1-6H3. The lowest BCUT2D eigenvalue weighted by molar-refractivity contribution is -0.151. The van der Waals surface area contributed by atoms with E-state index in [1.807, 2.05) is 0 Å². The maximum atomic E-state index is 12.9. The minimum atomic E-state index is -0.0192. The lowest BCUT2D eigenvalue weighted by Crippen LogP contribution is -2.20. The van der Waals surface area contributed by atoms with E-state index in [4.69, 9.17) is 14.2 Å². The van der Waals surface area contributed by atoms with E-state index in [1.165, 1.54) is 103 Å². The Labute approximate surface area is 325 Å². The van der Waals surface area contributed by atoms with Gasteiger partial charge in [-0.3, -0.25) is 9.59 Å². The summed E-state index contributed by atoms with van der Waals surface area (Å²) in [5.41, 5.74) is 0. The Morgan fingerprint density at radius 2 is 0.712 bits per heavy atom. The van der Waals surface area contributed by atoms with E-state index >= 15 is 0 Å². The number of hydrogen-bond donors (Lipinski definition) is 0. The highest BCUT2D eigenvalue weighted by Gasteiger charge is 2.17. The molecule has 0 fully saturated rings. The van der Waals surface area contributed by atoms with Crippen molar-refractivity contribution in [2.75, 3.05) is 27.2 Å². The van der Waals surface area contributed by atoms with Gasteiger partial charge in [0.05, 0.1) is 6.10 Å². The van der Waals surface area contributed by atoms with Gasteiger partial charge in [-0.05, 0) is 104 Å². The van der Waals surface area contributed by atoms with Crippen molar-refractivity contribution in [1.82, 2.24) is 4.90 Å². The highest BCUT2D eigenvalue weighted by Crippen LogP contribution is 2.21. The number of ether oxygens (including phenoxy) is 3. The Bertz CT molecular complexity index is 677. The third-order valence-corrected chi connectivity index (χ3v) is 10.5. The molecule has 0 amide bonds. The van der Waals surface area contributed by atoms with Crippen molar-refractivity contribution < 1.29 is 23.8 Å². The van der Waals surface area contributed by atoms with Crippen LogP contribution >= 0.6 is 0 Å². The van der Waals surface area contributed by atoms with Crippen LogP contribution in [0.2, 0.25) is 0 Å². The topological polar surface area (TPSA) is 65.1 Å². The summed E-state index contributed by atoms with van der Waals surface area (Å²) < 4.78 is 18.5. The molecule has 52 heavy (non-hydrogen) atoms. The molecule has 0 bridgehead atoms. The maximum Gasteiger partial charge on any atom is 0.306 e. The third kappa shape index (κ3) is 35.9. The average molecular weight is 738 g/mol. The summed E-state index contributed by atoms with van der Waals surface area (Å²) in [5.74, 6) is -0.0383. The van der Waals surface area contributed by atoms with Crippen LogP contribution in [0.15, 0.2) is 0 Å². The quantitative estimate of drug-likeness (QED) is 0.0460. The molecule has 0 aromatic carbocycles. The highest BCUT2D eigenvalue weighted by atomic mass is 16.5. The van der Waals surface area contributed by atoms with Gasteiger partial charge in [-0.1, -0.05) is 143 Å². The van der Waals surface area contributed by atoms with Crippen LogP contribution in [0.3, 0.4) is 0 Å². The normalized spacial score (nSPS) is 11.8. The summed E-state index contributed by atoms with van der Waals surface area (Å²) in [6.45, 7) is 10.8. The minimum Gasteiger partial charge on any atom is -0.462 e. The van der Waals surface area contributed by atoms with Gasteiger partial charge in [-0.15, -0.1) is 0 Å². The van der Waals surface area contributed by atoms with Crippen LogP contribution in [-0.4, -0.2) is 62.4 Å². The second-order valence-corrected chi connectivity index (χ2v) is 16.2. The van der Waals surface area contributed by atoms with Crippen LogP contribution in [-0.2, 0) is 23.8 Å². The summed E-state index contributed by atoms with van der Waals surface area (Å²) in [4.78, 5) is 28.0. The fourth-order valence-electron chi connectivity index (χ4n) is 7.14. The van der Waals surface area contributed by atoms with E-state index in [0.29, 0.717) is 12.8 Å². The lowest BCUT2D eigenvalue weighted by atomic mass is 10.0. The number of carbonyl (C=O) groups is 2. The fraction of sp³-hybridized carbons (Fsp3) is 0.957. The molecule has 0 rings (SSSR count). The Hall–Kier alpha value is -1.14. The fourth-order valence-corrected chi connectivity index (χ4v) is 7.14. The average Bonchev–Trinajstić information content (AvgIpc) is 3.12. The monoisotopic (exact) mass is 738 g/mol. The van der Waals surface area contributed by atoms with Gasteiger partial charge in [0.1, 0.15) is 12.2 Å². The second kappa shape index (κ2) is 39.6. The van der Waals surface area contributed by atoms with E-state index in [2.05, 4.69) is 46.7 Å². The van der Waals surface area contributed by atoms with Crippen molar-refractivity contribution in [3.63, 3.8) is 0 Å². The number of rotatable bonds is 41. The van der Waals surface area contributed by atoms with Crippen LogP contribution in [0.1, 0.15) is 240 Å². The van der Waals surface area contributed by atoms with Crippen LogP contribution < -0.4 is 0 Å². The van der Waals surface area contributed by atoms with Crippen molar-refractivity contribution in [3.05, 3.63) is 0 Å². The number of carbonyl (C=O) groups excluding carboxylic acids is 2. The van der Waals surface area contributed by atoms with Crippen molar-refractivity contribution in [1.29, 1.82) is 0 Å². The van der Waals surface area contributed by atoms with Crippen LogP contribution in [0.5, 0.6) is 0 Å². The number of esters is 2. The molecule has 0 atom stereocenters. The summed E-state index contributed by atoms with van der Waals surface area (Å²) in [5, 5.41) is 0. The van der Waals surface area contributed by atoms with Gasteiger partial charge in [0.2, 0.25) is 0 Å². The summed E-state index contributed by atoms with van der Waals surface area (Å²) in [6, 6.07) is 0. The molecule has 0 radical (unpaired) electrons. The van der Waals surface area contributed by atoms with Gasteiger partial charge in [0, 0.05) is 19.4 Å². The van der Waals surface area contributed by atoms with Gasteiger partial charge in [-0.25, -0.2) is 0 Å². The summed E-state index contributed by atoms with van der Waals surface area (Å²) in [6.07, 6.45) is 36.9. The molecule has 0 aromatic heterocycles. The van der Waals surface area contributed by atoms with Crippen LogP contribution in [0.4, 0.5) is 0 Å². The van der Waals surface area contributed by atoms with Crippen molar-refractivity contribution in [2.45, 2.75) is 258 Å².